The van der Waals surface area contributed by atoms with Crippen LogP contribution in [0.4, 0.5) is 17.6 Å². The lowest BCUT2D eigenvalue weighted by atomic mass is 10.0. The number of pyridine rings is 1. The Morgan fingerprint density at radius 1 is 1.10 bits per heavy atom. The van der Waals surface area contributed by atoms with E-state index in [4.69, 9.17) is 0 Å². The van der Waals surface area contributed by atoms with Crippen molar-refractivity contribution >= 4 is 11.0 Å². The molecule has 0 saturated carbocycles. The fourth-order valence-electron chi connectivity index (χ4n) is 2.12. The summed E-state index contributed by atoms with van der Waals surface area (Å²) in [7, 11) is 0. The summed E-state index contributed by atoms with van der Waals surface area (Å²) >= 11 is 0. The molecule has 2 aromatic heterocycles. The maximum atomic E-state index is 13.7. The minimum atomic E-state index is -4.43. The van der Waals surface area contributed by atoms with Gasteiger partial charge in [-0.25, -0.2) is 9.37 Å². The molecule has 6 heteroatoms. The summed E-state index contributed by atoms with van der Waals surface area (Å²) in [5, 5.41) is 0.187. The second kappa shape index (κ2) is 4.33. The standard InChI is InChI=1S/C14H8F4N2/c15-11-7-20-13-12(11)10(4-5-19-13)8-2-1-3-9(6-8)14(16,17)18/h1-7H,(H,19,20). The molecule has 2 heterocycles. The van der Waals surface area contributed by atoms with Gasteiger partial charge in [-0.1, -0.05) is 12.1 Å². The summed E-state index contributed by atoms with van der Waals surface area (Å²) in [6, 6.07) is 6.29. The maximum absolute atomic E-state index is 13.7. The minimum Gasteiger partial charge on any atom is -0.343 e. The summed E-state index contributed by atoms with van der Waals surface area (Å²) in [6.45, 7) is 0. The molecule has 0 bridgehead atoms. The summed E-state index contributed by atoms with van der Waals surface area (Å²) in [5.41, 5.74) is 0.207. The Kier molecular flexibility index (Phi) is 2.74. The molecule has 1 N–H and O–H groups in total. The molecule has 102 valence electrons. The fraction of sp³-hybridized carbons (Fsp3) is 0.0714. The van der Waals surface area contributed by atoms with Gasteiger partial charge in [-0.15, -0.1) is 0 Å². The Balaban J connectivity index is 2.24. The van der Waals surface area contributed by atoms with Crippen LogP contribution in [0.25, 0.3) is 22.2 Å². The highest BCUT2D eigenvalue weighted by atomic mass is 19.4. The molecule has 0 atom stereocenters. The first-order valence-corrected chi connectivity index (χ1v) is 5.76. The molecule has 3 rings (SSSR count). The first-order chi connectivity index (χ1) is 9.47. The van der Waals surface area contributed by atoms with Gasteiger partial charge in [0.1, 0.15) is 5.65 Å². The molecule has 0 unspecified atom stereocenters. The Hall–Kier alpha value is -2.37. The molecule has 0 saturated heterocycles. The normalized spacial score (nSPS) is 12.0. The molecule has 3 aromatic rings. The van der Waals surface area contributed by atoms with Gasteiger partial charge in [0.15, 0.2) is 5.82 Å². The van der Waals surface area contributed by atoms with Crippen molar-refractivity contribution in [1.82, 2.24) is 9.97 Å². The number of halogens is 4. The monoisotopic (exact) mass is 280 g/mol. The third-order valence-electron chi connectivity index (χ3n) is 3.03. The molecule has 20 heavy (non-hydrogen) atoms. The van der Waals surface area contributed by atoms with Gasteiger partial charge in [0, 0.05) is 12.4 Å². The number of H-pyrrole nitrogens is 1. The zero-order valence-corrected chi connectivity index (χ0v) is 10.0. The summed E-state index contributed by atoms with van der Waals surface area (Å²) in [4.78, 5) is 6.58. The van der Waals surface area contributed by atoms with Crippen molar-refractivity contribution in [3.05, 3.63) is 54.1 Å². The van der Waals surface area contributed by atoms with Crippen molar-refractivity contribution in [3.8, 4) is 11.1 Å². The molecular weight excluding hydrogens is 272 g/mol. The first-order valence-electron chi connectivity index (χ1n) is 5.76. The van der Waals surface area contributed by atoms with Gasteiger partial charge in [0.25, 0.3) is 0 Å². The van der Waals surface area contributed by atoms with E-state index in [9.17, 15) is 17.6 Å². The number of benzene rings is 1. The quantitative estimate of drug-likeness (QED) is 0.658. The third-order valence-corrected chi connectivity index (χ3v) is 3.03. The third kappa shape index (κ3) is 2.03. The molecule has 0 fully saturated rings. The van der Waals surface area contributed by atoms with E-state index in [1.807, 2.05) is 0 Å². The average Bonchev–Trinajstić information content (AvgIpc) is 2.80. The number of nitrogens with one attached hydrogen (secondary N) is 1. The first kappa shape index (κ1) is 12.7. The van der Waals surface area contributed by atoms with Crippen LogP contribution in [0.3, 0.4) is 0 Å². The largest absolute Gasteiger partial charge is 0.416 e. The Morgan fingerprint density at radius 2 is 1.90 bits per heavy atom. The SMILES string of the molecule is Fc1c[nH]c2nccc(-c3cccc(C(F)(F)F)c3)c12. The van der Waals surface area contributed by atoms with Gasteiger partial charge >= 0.3 is 6.18 Å². The van der Waals surface area contributed by atoms with Crippen LogP contribution in [0.15, 0.2) is 42.7 Å². The van der Waals surface area contributed by atoms with E-state index in [0.29, 0.717) is 16.8 Å². The Bertz CT molecular complexity index is 774. The number of alkyl halides is 3. The zero-order valence-electron chi connectivity index (χ0n) is 10.0. The second-order valence-electron chi connectivity index (χ2n) is 4.30. The van der Waals surface area contributed by atoms with E-state index < -0.39 is 17.6 Å². The van der Waals surface area contributed by atoms with Crippen LogP contribution in [0.2, 0.25) is 0 Å². The van der Waals surface area contributed by atoms with Gasteiger partial charge in [-0.05, 0) is 29.3 Å². The highest BCUT2D eigenvalue weighted by Gasteiger charge is 2.30. The van der Waals surface area contributed by atoms with E-state index in [2.05, 4.69) is 9.97 Å². The van der Waals surface area contributed by atoms with E-state index in [0.717, 1.165) is 18.3 Å². The maximum Gasteiger partial charge on any atom is 0.416 e. The number of aromatic nitrogens is 2. The summed E-state index contributed by atoms with van der Waals surface area (Å²) in [5.74, 6) is -0.541. The molecule has 0 aliphatic rings. The predicted octanol–water partition coefficient (Wildman–Crippen LogP) is 4.39. The molecule has 1 aromatic carbocycles. The van der Waals surface area contributed by atoms with Crippen LogP contribution in [0.1, 0.15) is 5.56 Å². The number of aromatic amines is 1. The van der Waals surface area contributed by atoms with Crippen LogP contribution in [-0.4, -0.2) is 9.97 Å². The van der Waals surface area contributed by atoms with E-state index in [1.54, 1.807) is 0 Å². The molecule has 0 radical (unpaired) electrons. The van der Waals surface area contributed by atoms with Crippen molar-refractivity contribution in [2.45, 2.75) is 6.18 Å². The fourth-order valence-corrected chi connectivity index (χ4v) is 2.12. The lowest BCUT2D eigenvalue weighted by Gasteiger charge is -2.09. The number of hydrogen-bond acceptors (Lipinski definition) is 1. The van der Waals surface area contributed by atoms with Gasteiger partial charge < -0.3 is 4.98 Å². The van der Waals surface area contributed by atoms with Crippen LogP contribution in [-0.2, 0) is 6.18 Å². The highest BCUT2D eigenvalue weighted by Crippen LogP contribution is 2.34. The number of rotatable bonds is 1. The molecule has 0 aliphatic heterocycles. The van der Waals surface area contributed by atoms with Crippen LogP contribution >= 0.6 is 0 Å². The van der Waals surface area contributed by atoms with Crippen molar-refractivity contribution in [3.63, 3.8) is 0 Å². The smallest absolute Gasteiger partial charge is 0.343 e. The van der Waals surface area contributed by atoms with Crippen molar-refractivity contribution in [2.75, 3.05) is 0 Å². The van der Waals surface area contributed by atoms with Crippen molar-refractivity contribution < 1.29 is 17.6 Å². The zero-order chi connectivity index (χ0) is 14.3. The molecule has 0 spiro atoms. The lowest BCUT2D eigenvalue weighted by Crippen LogP contribution is -2.04. The Labute approximate surface area is 111 Å². The van der Waals surface area contributed by atoms with Crippen LogP contribution in [0, 0.1) is 5.82 Å². The van der Waals surface area contributed by atoms with E-state index in [-0.39, 0.29) is 5.39 Å². The number of nitrogens with zero attached hydrogens (tertiary/aromatic N) is 1. The number of hydrogen-bond donors (Lipinski definition) is 1. The minimum absolute atomic E-state index is 0.187. The average molecular weight is 280 g/mol. The van der Waals surface area contributed by atoms with Crippen molar-refractivity contribution in [2.24, 2.45) is 0 Å². The topological polar surface area (TPSA) is 28.7 Å². The van der Waals surface area contributed by atoms with Gasteiger partial charge in [-0.3, -0.25) is 0 Å². The summed E-state index contributed by atoms with van der Waals surface area (Å²) < 4.78 is 51.9. The predicted molar refractivity (Wildman–Crippen MR) is 66.5 cm³/mol. The number of fused-ring (bicyclic) bond motifs is 1. The Morgan fingerprint density at radius 3 is 2.65 bits per heavy atom. The van der Waals surface area contributed by atoms with Gasteiger partial charge in [-0.2, -0.15) is 13.2 Å². The lowest BCUT2D eigenvalue weighted by molar-refractivity contribution is -0.137. The molecule has 2 nitrogen and oxygen atoms in total. The van der Waals surface area contributed by atoms with E-state index >= 15 is 0 Å². The highest BCUT2D eigenvalue weighted by molar-refractivity contribution is 5.93. The molecule has 0 aliphatic carbocycles. The van der Waals surface area contributed by atoms with Crippen molar-refractivity contribution in [1.29, 1.82) is 0 Å². The van der Waals surface area contributed by atoms with Gasteiger partial charge in [0.2, 0.25) is 0 Å². The molecule has 0 amide bonds. The molecular formula is C14H8F4N2. The second-order valence-corrected chi connectivity index (χ2v) is 4.30. The van der Waals surface area contributed by atoms with Crippen LogP contribution < -0.4 is 0 Å². The summed E-state index contributed by atoms with van der Waals surface area (Å²) in [6.07, 6.45) is -1.87. The van der Waals surface area contributed by atoms with E-state index in [1.165, 1.54) is 24.4 Å². The van der Waals surface area contributed by atoms with Crippen LogP contribution in [0.5, 0.6) is 0 Å². The van der Waals surface area contributed by atoms with Gasteiger partial charge in [0.05, 0.1) is 10.9 Å².